The van der Waals surface area contributed by atoms with Crippen molar-refractivity contribution in [2.45, 2.75) is 31.2 Å². The van der Waals surface area contributed by atoms with Crippen LogP contribution in [0, 0.1) is 0 Å². The van der Waals surface area contributed by atoms with Crippen LogP contribution >= 0.6 is 0 Å². The van der Waals surface area contributed by atoms with Crippen molar-refractivity contribution in [3.8, 4) is 5.75 Å². The van der Waals surface area contributed by atoms with Crippen molar-refractivity contribution in [1.82, 2.24) is 13.9 Å². The summed E-state index contributed by atoms with van der Waals surface area (Å²) < 4.78 is 40.5. The number of carbonyl (C=O) groups excluding carboxylic acids is 1. The molecule has 1 saturated heterocycles. The quantitative estimate of drug-likeness (QED) is 0.288. The Morgan fingerprint density at radius 2 is 1.83 bits per heavy atom. The Bertz CT molecular complexity index is 1480. The van der Waals surface area contributed by atoms with E-state index in [1.54, 1.807) is 24.3 Å². The maximum atomic E-state index is 13.0. The summed E-state index contributed by atoms with van der Waals surface area (Å²) in [6.07, 6.45) is 0.545. The second kappa shape index (κ2) is 9.77. The van der Waals surface area contributed by atoms with Crippen LogP contribution in [0.1, 0.15) is 19.2 Å². The van der Waals surface area contributed by atoms with Crippen molar-refractivity contribution in [3.05, 3.63) is 66.5 Å². The minimum Gasteiger partial charge on any atom is -0.426 e. The third-order valence-corrected chi connectivity index (χ3v) is 8.14. The third kappa shape index (κ3) is 4.67. The van der Waals surface area contributed by atoms with Gasteiger partial charge in [-0.3, -0.25) is 4.79 Å². The standard InChI is InChI=1S/C26H27N3O5S/c1-2-29-23-11-10-20(35(31,32)28-14-16-33-17-15-28)18-22(23)27-25(29)12-13-26(30)34-24-9-5-7-19-6-3-4-8-21(19)24/h3-11,18H,2,12-17H2,1H3. The fraction of sp³-hybridized carbons (Fsp3) is 0.308. The molecule has 2 heterocycles. The number of hydrogen-bond acceptors (Lipinski definition) is 6. The number of nitrogens with zero attached hydrogens (tertiary/aromatic N) is 3. The number of aromatic nitrogens is 2. The SMILES string of the molecule is CCn1c(CCC(=O)Oc2cccc3ccccc23)nc2cc(S(=O)(=O)N3CCOCC3)ccc21. The van der Waals surface area contributed by atoms with E-state index in [1.165, 1.54) is 4.31 Å². The van der Waals surface area contributed by atoms with Crippen LogP contribution in [-0.4, -0.2) is 54.5 Å². The molecule has 182 valence electrons. The van der Waals surface area contributed by atoms with Gasteiger partial charge in [-0.05, 0) is 36.6 Å². The highest BCUT2D eigenvalue weighted by Gasteiger charge is 2.27. The fourth-order valence-corrected chi connectivity index (χ4v) is 5.90. The lowest BCUT2D eigenvalue weighted by molar-refractivity contribution is -0.134. The summed E-state index contributed by atoms with van der Waals surface area (Å²) in [6, 6.07) is 18.4. The fourth-order valence-electron chi connectivity index (χ4n) is 4.47. The number of hydrogen-bond donors (Lipinski definition) is 0. The molecule has 0 amide bonds. The summed E-state index contributed by atoms with van der Waals surface area (Å²) in [5.41, 5.74) is 1.43. The van der Waals surface area contributed by atoms with Crippen molar-refractivity contribution in [3.63, 3.8) is 0 Å². The number of aryl methyl sites for hydroxylation is 2. The lowest BCUT2D eigenvalue weighted by Crippen LogP contribution is -2.40. The predicted octanol–water partition coefficient (Wildman–Crippen LogP) is 3.77. The van der Waals surface area contributed by atoms with Crippen molar-refractivity contribution in [2.24, 2.45) is 0 Å². The second-order valence-corrected chi connectivity index (χ2v) is 10.3. The zero-order valence-electron chi connectivity index (χ0n) is 19.5. The van der Waals surface area contributed by atoms with Crippen LogP contribution < -0.4 is 4.74 Å². The second-order valence-electron chi connectivity index (χ2n) is 8.39. The molecule has 9 heteroatoms. The monoisotopic (exact) mass is 493 g/mol. The number of rotatable bonds is 7. The number of morpholine rings is 1. The topological polar surface area (TPSA) is 90.7 Å². The van der Waals surface area contributed by atoms with E-state index >= 15 is 0 Å². The molecule has 0 radical (unpaired) electrons. The van der Waals surface area contributed by atoms with E-state index in [0.29, 0.717) is 50.5 Å². The summed E-state index contributed by atoms with van der Waals surface area (Å²) in [5.74, 6) is 0.917. The number of benzene rings is 3. The molecule has 0 unspecified atom stereocenters. The first kappa shape index (κ1) is 23.5. The van der Waals surface area contributed by atoms with Crippen LogP contribution in [-0.2, 0) is 32.5 Å². The zero-order chi connectivity index (χ0) is 24.4. The van der Waals surface area contributed by atoms with E-state index < -0.39 is 10.0 Å². The van der Waals surface area contributed by atoms with Gasteiger partial charge >= 0.3 is 5.97 Å². The minimum atomic E-state index is -3.61. The van der Waals surface area contributed by atoms with Crippen molar-refractivity contribution < 1.29 is 22.7 Å². The molecule has 3 aromatic carbocycles. The van der Waals surface area contributed by atoms with Crippen LogP contribution in [0.2, 0.25) is 0 Å². The van der Waals surface area contributed by atoms with E-state index in [4.69, 9.17) is 9.47 Å². The summed E-state index contributed by atoms with van der Waals surface area (Å²) >= 11 is 0. The van der Waals surface area contributed by atoms with Gasteiger partial charge in [0.2, 0.25) is 10.0 Å². The lowest BCUT2D eigenvalue weighted by Gasteiger charge is -2.26. The average Bonchev–Trinajstić information content (AvgIpc) is 3.25. The van der Waals surface area contributed by atoms with E-state index in [-0.39, 0.29) is 17.3 Å². The highest BCUT2D eigenvalue weighted by molar-refractivity contribution is 7.89. The maximum absolute atomic E-state index is 13.0. The molecular weight excluding hydrogens is 466 g/mol. The summed E-state index contributed by atoms with van der Waals surface area (Å²) in [5, 5.41) is 1.89. The number of ether oxygens (including phenoxy) is 2. The molecule has 1 aromatic heterocycles. The van der Waals surface area contributed by atoms with Gasteiger partial charge in [-0.1, -0.05) is 36.4 Å². The van der Waals surface area contributed by atoms with E-state index in [1.807, 2.05) is 47.9 Å². The van der Waals surface area contributed by atoms with Crippen LogP contribution in [0.15, 0.2) is 65.6 Å². The van der Waals surface area contributed by atoms with Gasteiger partial charge in [-0.2, -0.15) is 4.31 Å². The first-order valence-corrected chi connectivity index (χ1v) is 13.2. The Labute approximate surface area is 204 Å². The van der Waals surface area contributed by atoms with E-state index in [9.17, 15) is 13.2 Å². The Morgan fingerprint density at radius 3 is 2.63 bits per heavy atom. The van der Waals surface area contributed by atoms with Crippen LogP contribution in [0.4, 0.5) is 0 Å². The summed E-state index contributed by atoms with van der Waals surface area (Å²) in [4.78, 5) is 17.5. The number of imidazole rings is 1. The molecule has 4 aromatic rings. The molecule has 0 bridgehead atoms. The number of fused-ring (bicyclic) bond motifs is 2. The third-order valence-electron chi connectivity index (χ3n) is 6.25. The molecule has 1 aliphatic heterocycles. The summed E-state index contributed by atoms with van der Waals surface area (Å²) in [6.45, 7) is 4.12. The molecule has 0 saturated carbocycles. The van der Waals surface area contributed by atoms with Crippen LogP contribution in [0.3, 0.4) is 0 Å². The van der Waals surface area contributed by atoms with Gasteiger partial charge in [0.05, 0.1) is 35.6 Å². The smallest absolute Gasteiger partial charge is 0.311 e. The normalized spacial score (nSPS) is 15.0. The molecule has 8 nitrogen and oxygen atoms in total. The molecule has 35 heavy (non-hydrogen) atoms. The molecular formula is C26H27N3O5S. The number of esters is 1. The van der Waals surface area contributed by atoms with Crippen LogP contribution in [0.25, 0.3) is 21.8 Å². The van der Waals surface area contributed by atoms with Gasteiger partial charge in [0.25, 0.3) is 0 Å². The Balaban J connectivity index is 1.35. The van der Waals surface area contributed by atoms with Gasteiger partial charge in [0.1, 0.15) is 11.6 Å². The first-order chi connectivity index (χ1) is 17.0. The predicted molar refractivity (Wildman–Crippen MR) is 133 cm³/mol. The molecule has 1 aliphatic rings. The molecule has 0 aliphatic carbocycles. The Kier molecular flexibility index (Phi) is 6.55. The molecule has 0 spiro atoms. The molecule has 5 rings (SSSR count). The first-order valence-electron chi connectivity index (χ1n) is 11.7. The Hall–Kier alpha value is -3.27. The van der Waals surface area contributed by atoms with E-state index in [2.05, 4.69) is 4.98 Å². The van der Waals surface area contributed by atoms with E-state index in [0.717, 1.165) is 22.1 Å². The lowest BCUT2D eigenvalue weighted by atomic mass is 10.1. The number of sulfonamides is 1. The van der Waals surface area contributed by atoms with Gasteiger partial charge in [-0.25, -0.2) is 13.4 Å². The molecule has 0 N–H and O–H groups in total. The Morgan fingerprint density at radius 1 is 1.06 bits per heavy atom. The molecule has 0 atom stereocenters. The minimum absolute atomic E-state index is 0.158. The van der Waals surface area contributed by atoms with Gasteiger partial charge < -0.3 is 14.0 Å². The summed E-state index contributed by atoms with van der Waals surface area (Å²) in [7, 11) is -3.61. The van der Waals surface area contributed by atoms with Crippen molar-refractivity contribution >= 4 is 37.8 Å². The highest BCUT2D eigenvalue weighted by Crippen LogP contribution is 2.27. The van der Waals surface area contributed by atoms with Gasteiger partial charge in [0.15, 0.2) is 0 Å². The van der Waals surface area contributed by atoms with Gasteiger partial charge in [0, 0.05) is 31.4 Å². The van der Waals surface area contributed by atoms with Crippen molar-refractivity contribution in [2.75, 3.05) is 26.3 Å². The maximum Gasteiger partial charge on any atom is 0.311 e. The largest absolute Gasteiger partial charge is 0.426 e. The van der Waals surface area contributed by atoms with Crippen LogP contribution in [0.5, 0.6) is 5.75 Å². The zero-order valence-corrected chi connectivity index (χ0v) is 20.3. The van der Waals surface area contributed by atoms with Crippen molar-refractivity contribution in [1.29, 1.82) is 0 Å². The number of carbonyl (C=O) groups is 1. The molecule has 1 fully saturated rings. The van der Waals surface area contributed by atoms with Gasteiger partial charge in [-0.15, -0.1) is 0 Å². The highest BCUT2D eigenvalue weighted by atomic mass is 32.2. The average molecular weight is 494 g/mol.